The average molecular weight is 441 g/mol. The molecule has 1 aliphatic carbocycles. The Balaban J connectivity index is 0.00000231. The van der Waals surface area contributed by atoms with Crippen LogP contribution in [0.3, 0.4) is 0 Å². The van der Waals surface area contributed by atoms with E-state index in [0.717, 1.165) is 56.2 Å². The minimum absolute atomic E-state index is 0. The lowest BCUT2D eigenvalue weighted by molar-refractivity contribution is 0.313. The van der Waals surface area contributed by atoms with Crippen molar-refractivity contribution in [1.82, 2.24) is 15.2 Å². The largest absolute Gasteiger partial charge is 0.497 e. The van der Waals surface area contributed by atoms with Gasteiger partial charge in [-0.1, -0.05) is 0 Å². The molecule has 8 heteroatoms. The predicted octanol–water partition coefficient (Wildman–Crippen LogP) is 2.58. The summed E-state index contributed by atoms with van der Waals surface area (Å²) in [5, 5.41) is 3.30. The topological polar surface area (TPSA) is 79.0 Å². The van der Waals surface area contributed by atoms with Gasteiger partial charge in [0.05, 0.1) is 30.4 Å². The first kappa shape index (κ1) is 21.5. The van der Waals surface area contributed by atoms with Crippen LogP contribution in [0.2, 0.25) is 0 Å². The molecule has 1 saturated heterocycles. The lowest BCUT2D eigenvalue weighted by atomic mass is 9.84. The Morgan fingerprint density at radius 3 is 2.61 bits per heavy atom. The van der Waals surface area contributed by atoms with Gasteiger partial charge in [0.2, 0.25) is 0 Å². The molecule has 1 atom stereocenters. The molecule has 7 nitrogen and oxygen atoms in total. The third-order valence-electron chi connectivity index (χ3n) is 6.34. The average Bonchev–Trinajstić information content (AvgIpc) is 2.78. The van der Waals surface area contributed by atoms with Crippen LogP contribution in [0.25, 0.3) is 5.70 Å². The van der Waals surface area contributed by atoms with Crippen LogP contribution in [0.4, 0.5) is 5.69 Å². The van der Waals surface area contributed by atoms with E-state index in [4.69, 9.17) is 20.4 Å². The zero-order valence-corrected chi connectivity index (χ0v) is 18.8. The Labute approximate surface area is 189 Å². The number of benzene rings is 1. The monoisotopic (exact) mass is 440 g/mol. The third kappa shape index (κ3) is 4.07. The first-order valence-corrected chi connectivity index (χ1v) is 10.5. The number of hydrogen-bond donors (Lipinski definition) is 2. The number of aryl methyl sites for hydroxylation is 1. The molecule has 5 rings (SSSR count). The summed E-state index contributed by atoms with van der Waals surface area (Å²) >= 11 is 0. The number of ether oxygens (including phenoxy) is 1. The zero-order chi connectivity index (χ0) is 20.7. The third-order valence-corrected chi connectivity index (χ3v) is 6.34. The predicted molar refractivity (Wildman–Crippen MR) is 127 cm³/mol. The highest BCUT2D eigenvalue weighted by Gasteiger charge is 2.30. The maximum absolute atomic E-state index is 6.18. The van der Waals surface area contributed by atoms with Crippen LogP contribution in [0.15, 0.2) is 47.1 Å². The Kier molecular flexibility index (Phi) is 6.07. The number of pyridine rings is 1. The summed E-state index contributed by atoms with van der Waals surface area (Å²) in [6.07, 6.45) is 3.86. The van der Waals surface area contributed by atoms with Crippen LogP contribution >= 0.6 is 12.4 Å². The van der Waals surface area contributed by atoms with Gasteiger partial charge in [-0.15, -0.1) is 12.4 Å². The van der Waals surface area contributed by atoms with Gasteiger partial charge < -0.3 is 25.6 Å². The summed E-state index contributed by atoms with van der Waals surface area (Å²) in [6, 6.07) is 10.3. The lowest BCUT2D eigenvalue weighted by Crippen LogP contribution is -2.44. The highest BCUT2D eigenvalue weighted by Crippen LogP contribution is 2.41. The van der Waals surface area contributed by atoms with Gasteiger partial charge in [0.25, 0.3) is 0 Å². The van der Waals surface area contributed by atoms with E-state index in [1.165, 1.54) is 22.4 Å². The molecular weight excluding hydrogens is 412 g/mol. The molecule has 164 valence electrons. The smallest absolute Gasteiger partial charge is 0.194 e. The summed E-state index contributed by atoms with van der Waals surface area (Å²) < 4.78 is 5.39. The fourth-order valence-electron chi connectivity index (χ4n) is 4.57. The Morgan fingerprint density at radius 2 is 1.90 bits per heavy atom. The minimum atomic E-state index is -0.141. The van der Waals surface area contributed by atoms with Crippen molar-refractivity contribution in [1.29, 1.82) is 0 Å². The number of hydrogen-bond acceptors (Lipinski definition) is 7. The number of nitrogens with one attached hydrogen (secondary N) is 1. The van der Waals surface area contributed by atoms with Gasteiger partial charge in [0, 0.05) is 31.7 Å². The lowest BCUT2D eigenvalue weighted by Gasteiger charge is -2.34. The first-order chi connectivity index (χ1) is 14.6. The van der Waals surface area contributed by atoms with Crippen LogP contribution in [-0.4, -0.2) is 56.2 Å². The molecule has 3 heterocycles. The fourth-order valence-corrected chi connectivity index (χ4v) is 4.57. The molecule has 1 aromatic carbocycles. The molecule has 2 aliphatic heterocycles. The SMILES string of the molecule is COc1ccc2c(c1)CCC1=C2NC(N)=NC1c1ccc(N2CCN(C)CC2)cn1.Cl. The van der Waals surface area contributed by atoms with Crippen molar-refractivity contribution in [2.45, 2.75) is 18.9 Å². The molecule has 0 bridgehead atoms. The van der Waals surface area contributed by atoms with E-state index in [-0.39, 0.29) is 18.4 Å². The van der Waals surface area contributed by atoms with Crippen LogP contribution in [0.5, 0.6) is 5.75 Å². The van der Waals surface area contributed by atoms with Gasteiger partial charge in [-0.3, -0.25) is 4.98 Å². The van der Waals surface area contributed by atoms with Crippen molar-refractivity contribution < 1.29 is 4.74 Å². The first-order valence-electron chi connectivity index (χ1n) is 10.5. The van der Waals surface area contributed by atoms with E-state index in [2.05, 4.69) is 46.4 Å². The molecule has 0 amide bonds. The van der Waals surface area contributed by atoms with Crippen LogP contribution in [-0.2, 0) is 6.42 Å². The van der Waals surface area contributed by atoms with Crippen LogP contribution in [0.1, 0.15) is 29.3 Å². The van der Waals surface area contributed by atoms with Gasteiger partial charge in [-0.25, -0.2) is 4.99 Å². The van der Waals surface area contributed by atoms with Gasteiger partial charge in [0.1, 0.15) is 11.8 Å². The molecule has 1 aromatic heterocycles. The summed E-state index contributed by atoms with van der Waals surface area (Å²) in [4.78, 5) is 14.3. The molecule has 1 unspecified atom stereocenters. The highest BCUT2D eigenvalue weighted by molar-refractivity contribution is 5.92. The number of nitrogens with two attached hydrogens (primary N) is 1. The number of rotatable bonds is 3. The fraction of sp³-hybridized carbons (Fsp3) is 0.391. The van der Waals surface area contributed by atoms with Gasteiger partial charge in [-0.05, 0) is 61.4 Å². The zero-order valence-electron chi connectivity index (χ0n) is 18.0. The highest BCUT2D eigenvalue weighted by atomic mass is 35.5. The maximum atomic E-state index is 6.18. The van der Waals surface area contributed by atoms with Gasteiger partial charge in [0.15, 0.2) is 5.96 Å². The van der Waals surface area contributed by atoms with Crippen LogP contribution in [0, 0.1) is 0 Å². The number of fused-ring (bicyclic) bond motifs is 2. The summed E-state index contributed by atoms with van der Waals surface area (Å²) in [5.74, 6) is 1.32. The Bertz CT molecular complexity index is 1010. The summed E-state index contributed by atoms with van der Waals surface area (Å²) in [5.41, 5.74) is 13.1. The minimum Gasteiger partial charge on any atom is -0.497 e. The number of likely N-dealkylation sites (N-methyl/N-ethyl adjacent to an activating group) is 1. The molecular formula is C23H29ClN6O. The number of aromatic nitrogens is 1. The molecule has 1 fully saturated rings. The van der Waals surface area contributed by atoms with Gasteiger partial charge >= 0.3 is 0 Å². The van der Waals surface area contributed by atoms with Crippen molar-refractivity contribution in [2.75, 3.05) is 45.2 Å². The molecule has 2 aromatic rings. The Hall–Kier alpha value is -2.77. The molecule has 31 heavy (non-hydrogen) atoms. The molecule has 0 saturated carbocycles. The Morgan fingerprint density at radius 1 is 1.10 bits per heavy atom. The summed E-state index contributed by atoms with van der Waals surface area (Å²) in [7, 11) is 3.87. The van der Waals surface area contributed by atoms with Crippen molar-refractivity contribution >= 4 is 29.8 Å². The molecule has 3 N–H and O–H groups in total. The van der Waals surface area contributed by atoms with E-state index in [1.54, 1.807) is 7.11 Å². The van der Waals surface area contributed by atoms with E-state index >= 15 is 0 Å². The van der Waals surface area contributed by atoms with E-state index < -0.39 is 0 Å². The number of piperazine rings is 1. The normalized spacial score (nSPS) is 20.8. The second-order valence-electron chi connectivity index (χ2n) is 8.20. The van der Waals surface area contributed by atoms with Crippen molar-refractivity contribution in [3.63, 3.8) is 0 Å². The number of methoxy groups -OCH3 is 1. The second kappa shape index (κ2) is 8.77. The second-order valence-corrected chi connectivity index (χ2v) is 8.20. The quantitative estimate of drug-likeness (QED) is 0.763. The van der Waals surface area contributed by atoms with E-state index in [1.807, 2.05) is 12.3 Å². The molecule has 3 aliphatic rings. The van der Waals surface area contributed by atoms with Crippen LogP contribution < -0.4 is 20.7 Å². The van der Waals surface area contributed by atoms with E-state index in [0.29, 0.717) is 5.96 Å². The number of guanidine groups is 1. The standard InChI is InChI=1S/C23H28N6O.ClH/c1-28-9-11-29(12-10-28)16-4-8-20(25-14-16)22-19-6-3-15-13-17(30-2)5-7-18(15)21(19)26-23(24)27-22;/h4-5,7-8,13-14,22H,3,6,9-12H2,1-2H3,(H3,24,26,27);1H. The number of aliphatic imine (C=N–C) groups is 1. The number of halogens is 1. The van der Waals surface area contributed by atoms with E-state index in [9.17, 15) is 0 Å². The molecule has 0 spiro atoms. The number of anilines is 1. The maximum Gasteiger partial charge on any atom is 0.194 e. The summed E-state index contributed by atoms with van der Waals surface area (Å²) in [6.45, 7) is 4.23. The van der Waals surface area contributed by atoms with Gasteiger partial charge in [-0.2, -0.15) is 0 Å². The molecule has 0 radical (unpaired) electrons. The van der Waals surface area contributed by atoms with Crippen molar-refractivity contribution in [3.05, 3.63) is 58.9 Å². The van der Waals surface area contributed by atoms with Crippen molar-refractivity contribution in [2.24, 2.45) is 10.7 Å². The van der Waals surface area contributed by atoms with Crippen molar-refractivity contribution in [3.8, 4) is 5.75 Å². The number of nitrogens with zero attached hydrogens (tertiary/aromatic N) is 4.